The largest absolute Gasteiger partial charge is 0.378 e. The molecule has 1 aromatic heterocycles. The van der Waals surface area contributed by atoms with Crippen LogP contribution in [0.4, 0.5) is 5.82 Å². The molecule has 1 aromatic carbocycles. The summed E-state index contributed by atoms with van der Waals surface area (Å²) in [6.07, 6.45) is 0. The van der Waals surface area contributed by atoms with E-state index in [1.54, 1.807) is 11.0 Å². The van der Waals surface area contributed by atoms with Crippen LogP contribution in [0.1, 0.15) is 10.4 Å². The standard InChI is InChI=1S/C13H13BrN4O4S2/c14-9-1-2-10(13(19)18-3-5-22-6-4-18)11(7-9)24(20,21)16-12-8-23-17-15-12/h1-2,7-8,16H,3-6H2. The van der Waals surface area contributed by atoms with Gasteiger partial charge in [0.1, 0.15) is 4.90 Å². The molecular weight excluding hydrogens is 420 g/mol. The van der Waals surface area contributed by atoms with Gasteiger partial charge in [0.2, 0.25) is 0 Å². The van der Waals surface area contributed by atoms with Crippen molar-refractivity contribution >= 4 is 49.2 Å². The number of carbonyl (C=O) groups is 1. The number of hydrogen-bond acceptors (Lipinski definition) is 7. The number of carbonyl (C=O) groups excluding carboxylic acids is 1. The zero-order valence-corrected chi connectivity index (χ0v) is 15.5. The van der Waals surface area contributed by atoms with Crippen molar-refractivity contribution < 1.29 is 17.9 Å². The van der Waals surface area contributed by atoms with Crippen LogP contribution in [0.2, 0.25) is 0 Å². The summed E-state index contributed by atoms with van der Waals surface area (Å²) in [6, 6.07) is 4.53. The van der Waals surface area contributed by atoms with Crippen molar-refractivity contribution in [1.82, 2.24) is 14.5 Å². The van der Waals surface area contributed by atoms with E-state index in [1.165, 1.54) is 17.5 Å². The van der Waals surface area contributed by atoms with Crippen LogP contribution in [-0.2, 0) is 14.8 Å². The fourth-order valence-corrected chi connectivity index (χ4v) is 4.42. The van der Waals surface area contributed by atoms with E-state index in [0.29, 0.717) is 30.8 Å². The number of ether oxygens (including phenoxy) is 1. The van der Waals surface area contributed by atoms with Crippen molar-refractivity contribution in [3.8, 4) is 0 Å². The first kappa shape index (κ1) is 17.3. The third-order valence-electron chi connectivity index (χ3n) is 3.36. The number of halogens is 1. The Hall–Kier alpha value is -1.56. The Morgan fingerprint density at radius 1 is 1.33 bits per heavy atom. The highest BCUT2D eigenvalue weighted by Crippen LogP contribution is 2.25. The number of rotatable bonds is 4. The molecular formula is C13H13BrN4O4S2. The predicted octanol–water partition coefficient (Wildman–Crippen LogP) is 1.57. The molecule has 0 spiro atoms. The van der Waals surface area contributed by atoms with Gasteiger partial charge in [-0.15, -0.1) is 5.10 Å². The van der Waals surface area contributed by atoms with E-state index >= 15 is 0 Å². The number of amides is 1. The van der Waals surface area contributed by atoms with Gasteiger partial charge in [0.25, 0.3) is 15.9 Å². The maximum Gasteiger partial charge on any atom is 0.263 e. The molecule has 1 amide bonds. The number of benzene rings is 1. The van der Waals surface area contributed by atoms with Gasteiger partial charge in [-0.1, -0.05) is 20.4 Å². The van der Waals surface area contributed by atoms with E-state index in [9.17, 15) is 13.2 Å². The molecule has 1 fully saturated rings. The molecule has 128 valence electrons. The molecule has 0 saturated carbocycles. The minimum atomic E-state index is -3.97. The molecule has 0 unspecified atom stereocenters. The number of morpholine rings is 1. The normalized spacial score (nSPS) is 15.3. The number of anilines is 1. The molecule has 1 aliphatic heterocycles. The number of sulfonamides is 1. The van der Waals surface area contributed by atoms with Crippen molar-refractivity contribution in [2.24, 2.45) is 0 Å². The van der Waals surface area contributed by atoms with Gasteiger partial charge in [0, 0.05) is 17.6 Å². The van der Waals surface area contributed by atoms with E-state index in [4.69, 9.17) is 4.74 Å². The Morgan fingerprint density at radius 3 is 2.75 bits per heavy atom. The summed E-state index contributed by atoms with van der Waals surface area (Å²) in [5.41, 5.74) is 0.107. The van der Waals surface area contributed by atoms with E-state index in [-0.39, 0.29) is 22.2 Å². The topological polar surface area (TPSA) is 101 Å². The SMILES string of the molecule is O=C(c1ccc(Br)cc1S(=O)(=O)Nc1csnn1)N1CCOCC1. The van der Waals surface area contributed by atoms with Gasteiger partial charge >= 0.3 is 0 Å². The summed E-state index contributed by atoms with van der Waals surface area (Å²) in [5, 5.41) is 5.14. The molecule has 1 N–H and O–H groups in total. The summed E-state index contributed by atoms with van der Waals surface area (Å²) in [5.74, 6) is -0.229. The summed E-state index contributed by atoms with van der Waals surface area (Å²) in [6.45, 7) is 1.73. The van der Waals surface area contributed by atoms with Gasteiger partial charge in [-0.2, -0.15) is 0 Å². The molecule has 0 atom stereocenters. The van der Waals surface area contributed by atoms with Crippen LogP contribution in [0.3, 0.4) is 0 Å². The number of hydrogen-bond donors (Lipinski definition) is 1. The second-order valence-electron chi connectivity index (χ2n) is 4.94. The second kappa shape index (κ2) is 7.13. The summed E-state index contributed by atoms with van der Waals surface area (Å²) < 4.78 is 37.1. The average Bonchev–Trinajstić information content (AvgIpc) is 3.07. The van der Waals surface area contributed by atoms with Crippen molar-refractivity contribution in [2.45, 2.75) is 4.90 Å². The lowest BCUT2D eigenvalue weighted by Crippen LogP contribution is -2.41. The van der Waals surface area contributed by atoms with Crippen molar-refractivity contribution in [3.63, 3.8) is 0 Å². The lowest BCUT2D eigenvalue weighted by molar-refractivity contribution is 0.0300. The van der Waals surface area contributed by atoms with Gasteiger partial charge in [-0.3, -0.25) is 9.52 Å². The minimum absolute atomic E-state index is 0.107. The number of aromatic nitrogens is 2. The summed E-state index contributed by atoms with van der Waals surface area (Å²) >= 11 is 4.27. The van der Waals surface area contributed by atoms with Crippen molar-refractivity contribution in [1.29, 1.82) is 0 Å². The molecule has 11 heteroatoms. The zero-order chi connectivity index (χ0) is 17.2. The fourth-order valence-electron chi connectivity index (χ4n) is 2.23. The van der Waals surface area contributed by atoms with Crippen LogP contribution in [0.25, 0.3) is 0 Å². The second-order valence-corrected chi connectivity index (χ2v) is 8.12. The predicted molar refractivity (Wildman–Crippen MR) is 91.6 cm³/mol. The summed E-state index contributed by atoms with van der Waals surface area (Å²) in [4.78, 5) is 14.2. The van der Waals surface area contributed by atoms with E-state index < -0.39 is 10.0 Å². The molecule has 2 aromatic rings. The molecule has 1 saturated heterocycles. The zero-order valence-electron chi connectivity index (χ0n) is 12.3. The molecule has 0 radical (unpaired) electrons. The highest BCUT2D eigenvalue weighted by molar-refractivity contribution is 9.10. The molecule has 8 nitrogen and oxygen atoms in total. The molecule has 2 heterocycles. The third-order valence-corrected chi connectivity index (χ3v) is 5.75. The van der Waals surface area contributed by atoms with Crippen molar-refractivity contribution in [3.05, 3.63) is 33.6 Å². The van der Waals surface area contributed by atoms with Crippen LogP contribution in [-0.4, -0.2) is 55.1 Å². The molecule has 1 aliphatic rings. The van der Waals surface area contributed by atoms with E-state index in [1.807, 2.05) is 0 Å². The Balaban J connectivity index is 1.97. The van der Waals surface area contributed by atoms with Crippen LogP contribution in [0, 0.1) is 0 Å². The van der Waals surface area contributed by atoms with Crippen molar-refractivity contribution in [2.75, 3.05) is 31.0 Å². The minimum Gasteiger partial charge on any atom is -0.378 e. The molecule has 0 aliphatic carbocycles. The van der Waals surface area contributed by atoms with Crippen LogP contribution in [0.15, 0.2) is 32.9 Å². The van der Waals surface area contributed by atoms with E-state index in [0.717, 1.165) is 11.5 Å². The molecule has 24 heavy (non-hydrogen) atoms. The summed E-state index contributed by atoms with van der Waals surface area (Å²) in [7, 11) is -3.97. The Labute approximate surface area is 151 Å². The Bertz CT molecular complexity index is 836. The molecule has 0 bridgehead atoms. The van der Waals surface area contributed by atoms with E-state index in [2.05, 4.69) is 30.2 Å². The lowest BCUT2D eigenvalue weighted by atomic mass is 10.2. The van der Waals surface area contributed by atoms with Crippen LogP contribution in [0.5, 0.6) is 0 Å². The first-order valence-corrected chi connectivity index (χ1v) is 10.0. The highest BCUT2D eigenvalue weighted by atomic mass is 79.9. The Kier molecular flexibility index (Phi) is 5.13. The molecule has 3 rings (SSSR count). The first-order valence-electron chi connectivity index (χ1n) is 6.94. The average molecular weight is 433 g/mol. The van der Waals surface area contributed by atoms with Gasteiger partial charge in [-0.05, 0) is 29.7 Å². The fraction of sp³-hybridized carbons (Fsp3) is 0.308. The highest BCUT2D eigenvalue weighted by Gasteiger charge is 2.27. The maximum absolute atomic E-state index is 12.7. The first-order chi connectivity index (χ1) is 11.5. The third kappa shape index (κ3) is 3.74. The number of nitrogens with zero attached hydrogens (tertiary/aromatic N) is 3. The van der Waals surface area contributed by atoms with Gasteiger partial charge in [0.05, 0.1) is 24.2 Å². The van der Waals surface area contributed by atoms with Crippen LogP contribution < -0.4 is 4.72 Å². The lowest BCUT2D eigenvalue weighted by Gasteiger charge is -2.27. The van der Waals surface area contributed by atoms with Gasteiger partial charge < -0.3 is 9.64 Å². The smallest absolute Gasteiger partial charge is 0.263 e. The monoisotopic (exact) mass is 432 g/mol. The van der Waals surface area contributed by atoms with Gasteiger partial charge in [-0.25, -0.2) is 8.42 Å². The van der Waals surface area contributed by atoms with Crippen LogP contribution >= 0.6 is 27.5 Å². The number of nitrogens with one attached hydrogen (secondary N) is 1. The quantitative estimate of drug-likeness (QED) is 0.786. The maximum atomic E-state index is 12.7. The Morgan fingerprint density at radius 2 is 2.08 bits per heavy atom. The van der Waals surface area contributed by atoms with Gasteiger partial charge in [0.15, 0.2) is 5.82 Å².